The summed E-state index contributed by atoms with van der Waals surface area (Å²) in [5, 5.41) is 5.73. The van der Waals surface area contributed by atoms with Crippen LogP contribution in [0.25, 0.3) is 0 Å². The van der Waals surface area contributed by atoms with Gasteiger partial charge in [0.1, 0.15) is 5.76 Å². The fourth-order valence-electron chi connectivity index (χ4n) is 1.06. The third-order valence-electron chi connectivity index (χ3n) is 1.73. The van der Waals surface area contributed by atoms with Crippen molar-refractivity contribution in [1.29, 1.82) is 0 Å². The highest BCUT2D eigenvalue weighted by Gasteiger charge is 1.98. The SMILES string of the molecule is CCOC(=O)NCCNCc1ccco1.Cl. The van der Waals surface area contributed by atoms with Gasteiger partial charge in [0.05, 0.1) is 19.4 Å². The number of ether oxygens (including phenoxy) is 1. The molecular formula is C10H17ClN2O3. The molecule has 0 atom stereocenters. The predicted molar refractivity (Wildman–Crippen MR) is 62.7 cm³/mol. The molecule has 0 aliphatic rings. The Labute approximate surface area is 101 Å². The highest BCUT2D eigenvalue weighted by molar-refractivity contribution is 5.85. The van der Waals surface area contributed by atoms with E-state index >= 15 is 0 Å². The first-order valence-corrected chi connectivity index (χ1v) is 4.96. The largest absolute Gasteiger partial charge is 0.468 e. The predicted octanol–water partition coefficient (Wildman–Crippen LogP) is 1.54. The molecule has 1 aromatic rings. The van der Waals surface area contributed by atoms with Crippen molar-refractivity contribution in [3.8, 4) is 0 Å². The van der Waals surface area contributed by atoms with Crippen LogP contribution in [0.15, 0.2) is 22.8 Å². The van der Waals surface area contributed by atoms with Gasteiger partial charge in [0.25, 0.3) is 0 Å². The van der Waals surface area contributed by atoms with E-state index in [2.05, 4.69) is 10.6 Å². The first-order chi connectivity index (χ1) is 7.33. The Hall–Kier alpha value is -1.20. The highest BCUT2D eigenvalue weighted by Crippen LogP contribution is 1.97. The first-order valence-electron chi connectivity index (χ1n) is 4.96. The van der Waals surface area contributed by atoms with Crippen LogP contribution in [0.4, 0.5) is 4.79 Å². The lowest BCUT2D eigenvalue weighted by Gasteiger charge is -2.05. The topological polar surface area (TPSA) is 63.5 Å². The van der Waals surface area contributed by atoms with E-state index < -0.39 is 0 Å². The van der Waals surface area contributed by atoms with Gasteiger partial charge >= 0.3 is 6.09 Å². The molecule has 0 unspecified atom stereocenters. The molecule has 16 heavy (non-hydrogen) atoms. The minimum Gasteiger partial charge on any atom is -0.468 e. The fourth-order valence-corrected chi connectivity index (χ4v) is 1.06. The molecule has 0 spiro atoms. The third kappa shape index (κ3) is 6.31. The molecule has 1 rings (SSSR count). The number of hydrogen-bond donors (Lipinski definition) is 2. The van der Waals surface area contributed by atoms with Crippen LogP contribution in [0.3, 0.4) is 0 Å². The highest BCUT2D eigenvalue weighted by atomic mass is 35.5. The van der Waals surface area contributed by atoms with Crippen LogP contribution < -0.4 is 10.6 Å². The Kier molecular flexibility index (Phi) is 8.38. The molecule has 0 aromatic carbocycles. The standard InChI is InChI=1S/C10H16N2O3.ClH/c1-2-14-10(13)12-6-5-11-8-9-4-3-7-15-9;/h3-4,7,11H,2,5-6,8H2,1H3,(H,12,13);1H. The van der Waals surface area contributed by atoms with Crippen LogP contribution in [0.2, 0.25) is 0 Å². The molecule has 5 nitrogen and oxygen atoms in total. The van der Waals surface area contributed by atoms with E-state index in [1.165, 1.54) is 0 Å². The van der Waals surface area contributed by atoms with Crippen LogP contribution in [-0.2, 0) is 11.3 Å². The molecule has 0 saturated carbocycles. The number of alkyl carbamates (subject to hydrolysis) is 1. The molecule has 1 heterocycles. The van der Waals surface area contributed by atoms with E-state index in [1.54, 1.807) is 13.2 Å². The third-order valence-corrected chi connectivity index (χ3v) is 1.73. The van der Waals surface area contributed by atoms with E-state index in [-0.39, 0.29) is 18.5 Å². The molecular weight excluding hydrogens is 232 g/mol. The van der Waals surface area contributed by atoms with Crippen molar-refractivity contribution in [1.82, 2.24) is 10.6 Å². The minimum absolute atomic E-state index is 0. The quantitative estimate of drug-likeness (QED) is 0.750. The maximum Gasteiger partial charge on any atom is 0.407 e. The lowest BCUT2D eigenvalue weighted by molar-refractivity contribution is 0.152. The average Bonchev–Trinajstić information content (AvgIpc) is 2.70. The van der Waals surface area contributed by atoms with Gasteiger partial charge in [-0.3, -0.25) is 0 Å². The molecule has 2 N–H and O–H groups in total. The summed E-state index contributed by atoms with van der Waals surface area (Å²) < 4.78 is 9.82. The van der Waals surface area contributed by atoms with Crippen LogP contribution in [-0.4, -0.2) is 25.8 Å². The van der Waals surface area contributed by atoms with Crippen LogP contribution in [0, 0.1) is 0 Å². The summed E-state index contributed by atoms with van der Waals surface area (Å²) in [5.41, 5.74) is 0. The monoisotopic (exact) mass is 248 g/mol. The van der Waals surface area contributed by atoms with E-state index in [4.69, 9.17) is 9.15 Å². The molecule has 0 radical (unpaired) electrons. The minimum atomic E-state index is -0.378. The molecule has 0 saturated heterocycles. The van der Waals surface area contributed by atoms with E-state index in [1.807, 2.05) is 12.1 Å². The smallest absolute Gasteiger partial charge is 0.407 e. The van der Waals surface area contributed by atoms with Gasteiger partial charge in [0, 0.05) is 13.1 Å². The fraction of sp³-hybridized carbons (Fsp3) is 0.500. The Bertz CT molecular complexity index is 278. The maximum absolute atomic E-state index is 10.9. The zero-order valence-corrected chi connectivity index (χ0v) is 10.0. The number of rotatable bonds is 6. The first kappa shape index (κ1) is 14.8. The van der Waals surface area contributed by atoms with Gasteiger partial charge in [-0.1, -0.05) is 0 Å². The molecule has 0 aliphatic heterocycles. The summed E-state index contributed by atoms with van der Waals surface area (Å²) in [6.07, 6.45) is 1.26. The van der Waals surface area contributed by atoms with Gasteiger partial charge < -0.3 is 19.8 Å². The molecule has 92 valence electrons. The Morgan fingerprint density at radius 1 is 1.50 bits per heavy atom. The summed E-state index contributed by atoms with van der Waals surface area (Å²) in [7, 11) is 0. The summed E-state index contributed by atoms with van der Waals surface area (Å²) in [4.78, 5) is 10.9. The Balaban J connectivity index is 0.00000225. The second-order valence-corrected chi connectivity index (χ2v) is 2.90. The van der Waals surface area contributed by atoms with Gasteiger partial charge in [0.15, 0.2) is 0 Å². The molecule has 6 heteroatoms. The van der Waals surface area contributed by atoms with Crippen molar-refractivity contribution in [2.24, 2.45) is 0 Å². The Morgan fingerprint density at radius 3 is 2.94 bits per heavy atom. The number of nitrogens with one attached hydrogen (secondary N) is 2. The Morgan fingerprint density at radius 2 is 2.31 bits per heavy atom. The van der Waals surface area contributed by atoms with Gasteiger partial charge in [0.2, 0.25) is 0 Å². The summed E-state index contributed by atoms with van der Waals surface area (Å²) in [6.45, 7) is 4.05. The summed E-state index contributed by atoms with van der Waals surface area (Å²) >= 11 is 0. The molecule has 0 aliphatic carbocycles. The number of halogens is 1. The zero-order chi connectivity index (χ0) is 10.9. The van der Waals surface area contributed by atoms with Crippen LogP contribution in [0.1, 0.15) is 12.7 Å². The molecule has 1 aromatic heterocycles. The average molecular weight is 249 g/mol. The van der Waals surface area contributed by atoms with Gasteiger partial charge in [-0.15, -0.1) is 12.4 Å². The lowest BCUT2D eigenvalue weighted by atomic mass is 10.4. The van der Waals surface area contributed by atoms with Crippen LogP contribution >= 0.6 is 12.4 Å². The van der Waals surface area contributed by atoms with Gasteiger partial charge in [-0.2, -0.15) is 0 Å². The second kappa shape index (κ2) is 9.06. The number of carbonyl (C=O) groups is 1. The van der Waals surface area contributed by atoms with E-state index in [0.717, 1.165) is 5.76 Å². The van der Waals surface area contributed by atoms with Gasteiger partial charge in [-0.25, -0.2) is 4.79 Å². The normalized spacial score (nSPS) is 9.31. The van der Waals surface area contributed by atoms with Crippen molar-refractivity contribution in [3.63, 3.8) is 0 Å². The van der Waals surface area contributed by atoms with Crippen LogP contribution in [0.5, 0.6) is 0 Å². The number of hydrogen-bond acceptors (Lipinski definition) is 4. The molecule has 0 bridgehead atoms. The van der Waals surface area contributed by atoms with Crippen molar-refractivity contribution in [3.05, 3.63) is 24.2 Å². The van der Waals surface area contributed by atoms with Crippen molar-refractivity contribution < 1.29 is 13.9 Å². The number of amides is 1. The zero-order valence-electron chi connectivity index (χ0n) is 9.19. The van der Waals surface area contributed by atoms with Crippen molar-refractivity contribution in [2.75, 3.05) is 19.7 Å². The molecule has 1 amide bonds. The van der Waals surface area contributed by atoms with Crippen molar-refractivity contribution >= 4 is 18.5 Å². The van der Waals surface area contributed by atoms with E-state index in [9.17, 15) is 4.79 Å². The van der Waals surface area contributed by atoms with Crippen molar-refractivity contribution in [2.45, 2.75) is 13.5 Å². The lowest BCUT2D eigenvalue weighted by Crippen LogP contribution is -2.31. The second-order valence-electron chi connectivity index (χ2n) is 2.90. The number of carbonyl (C=O) groups excluding carboxylic acids is 1. The maximum atomic E-state index is 10.9. The van der Waals surface area contributed by atoms with Gasteiger partial charge in [-0.05, 0) is 19.1 Å². The number of furan rings is 1. The van der Waals surface area contributed by atoms with E-state index in [0.29, 0.717) is 26.2 Å². The summed E-state index contributed by atoms with van der Waals surface area (Å²) in [6, 6.07) is 3.74. The molecule has 0 fully saturated rings. The summed E-state index contributed by atoms with van der Waals surface area (Å²) in [5.74, 6) is 0.881.